The van der Waals surface area contributed by atoms with Crippen molar-refractivity contribution >= 4 is 33.2 Å². The maximum absolute atomic E-state index is 12.0. The van der Waals surface area contributed by atoms with Crippen LogP contribution in [0.1, 0.15) is 24.3 Å². The Bertz CT molecular complexity index is 362. The van der Waals surface area contributed by atoms with Gasteiger partial charge in [-0.3, -0.25) is 4.79 Å². The molecular formula is C12H18BrNOS. The van der Waals surface area contributed by atoms with Gasteiger partial charge in [0, 0.05) is 11.9 Å². The van der Waals surface area contributed by atoms with E-state index in [4.69, 9.17) is 0 Å². The molecule has 0 aliphatic rings. The largest absolute Gasteiger partial charge is 0.340 e. The number of hydrogen-bond acceptors (Lipinski definition) is 2. The second-order valence-electron chi connectivity index (χ2n) is 4.37. The van der Waals surface area contributed by atoms with Gasteiger partial charge in [0.2, 0.25) is 5.91 Å². The lowest BCUT2D eigenvalue weighted by Crippen LogP contribution is -2.35. The maximum Gasteiger partial charge on any atom is 0.236 e. The van der Waals surface area contributed by atoms with Crippen molar-refractivity contribution in [1.82, 2.24) is 4.90 Å². The molecule has 90 valence electrons. The number of rotatable bonds is 4. The molecule has 0 aromatic carbocycles. The minimum absolute atomic E-state index is 0.0854. The Morgan fingerprint density at radius 2 is 2.19 bits per heavy atom. The van der Waals surface area contributed by atoms with Gasteiger partial charge in [0.05, 0.1) is 11.4 Å². The van der Waals surface area contributed by atoms with Crippen LogP contribution in [0.5, 0.6) is 0 Å². The Kier molecular flexibility index (Phi) is 4.99. The molecule has 1 heterocycles. The molecule has 0 aliphatic heterocycles. The molecule has 0 spiro atoms. The zero-order chi connectivity index (χ0) is 12.3. The van der Waals surface area contributed by atoms with Crippen molar-refractivity contribution in [1.29, 1.82) is 0 Å². The topological polar surface area (TPSA) is 20.3 Å². The summed E-state index contributed by atoms with van der Waals surface area (Å²) in [6, 6.07) is 2.09. The first-order valence-electron chi connectivity index (χ1n) is 5.35. The van der Waals surface area contributed by atoms with Crippen LogP contribution in [0.15, 0.2) is 11.4 Å². The Balaban J connectivity index is 2.62. The van der Waals surface area contributed by atoms with E-state index in [1.165, 1.54) is 10.4 Å². The van der Waals surface area contributed by atoms with Crippen molar-refractivity contribution in [3.8, 4) is 0 Å². The van der Waals surface area contributed by atoms with Gasteiger partial charge in [-0.25, -0.2) is 0 Å². The van der Waals surface area contributed by atoms with Crippen LogP contribution in [0.4, 0.5) is 0 Å². The Labute approximate surface area is 110 Å². The molecule has 0 N–H and O–H groups in total. The number of thiophene rings is 1. The van der Waals surface area contributed by atoms with Gasteiger partial charge in [-0.2, -0.15) is 0 Å². The molecule has 0 saturated heterocycles. The summed E-state index contributed by atoms with van der Waals surface area (Å²) in [5.41, 5.74) is 1.26. The number of halogens is 1. The summed E-state index contributed by atoms with van der Waals surface area (Å²) in [5, 5.41) is 2.07. The van der Waals surface area contributed by atoms with Gasteiger partial charge in [0.1, 0.15) is 0 Å². The van der Waals surface area contributed by atoms with Crippen molar-refractivity contribution in [2.45, 2.75) is 32.1 Å². The highest BCUT2D eigenvalue weighted by molar-refractivity contribution is 9.10. The summed E-state index contributed by atoms with van der Waals surface area (Å²) in [6.07, 6.45) is 0. The number of carbonyl (C=O) groups excluding carboxylic acids is 1. The summed E-state index contributed by atoms with van der Waals surface area (Å²) in [5.74, 6) is 0.474. The van der Waals surface area contributed by atoms with E-state index in [0.29, 0.717) is 12.5 Å². The molecule has 2 nitrogen and oxygen atoms in total. The predicted molar refractivity (Wildman–Crippen MR) is 73.1 cm³/mol. The molecule has 0 bridgehead atoms. The fourth-order valence-electron chi connectivity index (χ4n) is 1.36. The lowest BCUT2D eigenvalue weighted by Gasteiger charge is -2.22. The van der Waals surface area contributed by atoms with Crippen molar-refractivity contribution in [2.24, 2.45) is 5.92 Å². The molecule has 1 rings (SSSR count). The normalized spacial score (nSPS) is 12.9. The highest BCUT2D eigenvalue weighted by atomic mass is 79.9. The number of amides is 1. The second kappa shape index (κ2) is 5.82. The molecule has 0 saturated carbocycles. The van der Waals surface area contributed by atoms with Gasteiger partial charge < -0.3 is 4.90 Å². The predicted octanol–water partition coefficient (Wildman–Crippen LogP) is 3.43. The van der Waals surface area contributed by atoms with E-state index < -0.39 is 0 Å². The van der Waals surface area contributed by atoms with Crippen LogP contribution in [-0.2, 0) is 11.3 Å². The van der Waals surface area contributed by atoms with Gasteiger partial charge in [-0.1, -0.05) is 29.8 Å². The van der Waals surface area contributed by atoms with E-state index in [2.05, 4.69) is 34.3 Å². The number of hydrogen-bond donors (Lipinski definition) is 0. The molecule has 4 heteroatoms. The fraction of sp³-hybridized carbons (Fsp3) is 0.583. The van der Waals surface area contributed by atoms with Crippen molar-refractivity contribution in [3.05, 3.63) is 21.9 Å². The number of nitrogens with zero attached hydrogens (tertiary/aromatic N) is 1. The molecule has 1 aromatic rings. The number of aryl methyl sites for hydroxylation is 1. The first-order chi connectivity index (χ1) is 7.43. The monoisotopic (exact) mass is 303 g/mol. The fourth-order valence-corrected chi connectivity index (χ4v) is 2.66. The highest BCUT2D eigenvalue weighted by Crippen LogP contribution is 2.20. The molecule has 1 aromatic heterocycles. The Hall–Kier alpha value is -0.350. The summed E-state index contributed by atoms with van der Waals surface area (Å²) in [4.78, 5) is 15.0. The summed E-state index contributed by atoms with van der Waals surface area (Å²) >= 11 is 5.15. The van der Waals surface area contributed by atoms with Crippen LogP contribution in [0.3, 0.4) is 0 Å². The zero-order valence-electron chi connectivity index (χ0n) is 10.2. The molecule has 1 atom stereocenters. The number of carbonyl (C=O) groups is 1. The van der Waals surface area contributed by atoms with Crippen molar-refractivity contribution < 1.29 is 4.79 Å². The summed E-state index contributed by atoms with van der Waals surface area (Å²) < 4.78 is 0. The molecule has 1 unspecified atom stereocenters. The third-order valence-corrected chi connectivity index (χ3v) is 5.00. The van der Waals surface area contributed by atoms with Gasteiger partial charge in [-0.15, -0.1) is 11.3 Å². The standard InChI is InChI=1S/C12H18BrNOS/c1-8(2)11(13)12(15)14(4)7-10-9(3)5-6-16-10/h5-6,8,11H,7H2,1-4H3. The minimum Gasteiger partial charge on any atom is -0.340 e. The quantitative estimate of drug-likeness (QED) is 0.780. The van der Waals surface area contributed by atoms with E-state index in [0.717, 1.165) is 0 Å². The second-order valence-corrected chi connectivity index (χ2v) is 6.35. The average molecular weight is 304 g/mol. The van der Waals surface area contributed by atoms with Gasteiger partial charge in [0.25, 0.3) is 0 Å². The third-order valence-electron chi connectivity index (χ3n) is 2.55. The summed E-state index contributed by atoms with van der Waals surface area (Å²) in [6.45, 7) is 6.87. The zero-order valence-corrected chi connectivity index (χ0v) is 12.6. The lowest BCUT2D eigenvalue weighted by molar-refractivity contribution is -0.130. The van der Waals surface area contributed by atoms with Gasteiger partial charge >= 0.3 is 0 Å². The van der Waals surface area contributed by atoms with Crippen molar-refractivity contribution in [2.75, 3.05) is 7.05 Å². The Morgan fingerprint density at radius 3 is 2.62 bits per heavy atom. The van der Waals surface area contributed by atoms with Crippen LogP contribution < -0.4 is 0 Å². The van der Waals surface area contributed by atoms with E-state index >= 15 is 0 Å². The maximum atomic E-state index is 12.0. The van der Waals surface area contributed by atoms with Crippen LogP contribution in [0.2, 0.25) is 0 Å². The summed E-state index contributed by atoms with van der Waals surface area (Å²) in [7, 11) is 1.86. The molecular weight excluding hydrogens is 286 g/mol. The minimum atomic E-state index is -0.0854. The van der Waals surface area contributed by atoms with E-state index in [1.54, 1.807) is 16.2 Å². The van der Waals surface area contributed by atoms with Crippen molar-refractivity contribution in [3.63, 3.8) is 0 Å². The average Bonchev–Trinajstić information content (AvgIpc) is 2.62. The van der Waals surface area contributed by atoms with E-state index in [1.807, 2.05) is 20.9 Å². The van der Waals surface area contributed by atoms with E-state index in [9.17, 15) is 4.79 Å². The molecule has 0 fully saturated rings. The molecule has 0 radical (unpaired) electrons. The van der Waals surface area contributed by atoms with Crippen LogP contribution >= 0.6 is 27.3 Å². The first kappa shape index (κ1) is 13.7. The third kappa shape index (κ3) is 3.32. The smallest absolute Gasteiger partial charge is 0.236 e. The first-order valence-corrected chi connectivity index (χ1v) is 7.15. The van der Waals surface area contributed by atoms with E-state index in [-0.39, 0.29) is 10.7 Å². The Morgan fingerprint density at radius 1 is 1.56 bits per heavy atom. The lowest BCUT2D eigenvalue weighted by atomic mass is 10.1. The van der Waals surface area contributed by atoms with Crippen LogP contribution in [0, 0.1) is 12.8 Å². The highest BCUT2D eigenvalue weighted by Gasteiger charge is 2.22. The SMILES string of the molecule is Cc1ccsc1CN(C)C(=O)C(Br)C(C)C. The number of alkyl halides is 1. The molecule has 0 aliphatic carbocycles. The molecule has 1 amide bonds. The van der Waals surface area contributed by atoms with Gasteiger partial charge in [-0.05, 0) is 29.9 Å². The van der Waals surface area contributed by atoms with Gasteiger partial charge in [0.15, 0.2) is 0 Å². The van der Waals surface area contributed by atoms with Crippen LogP contribution in [0.25, 0.3) is 0 Å². The molecule has 16 heavy (non-hydrogen) atoms. The van der Waals surface area contributed by atoms with Crippen LogP contribution in [-0.4, -0.2) is 22.7 Å².